The second-order valence-corrected chi connectivity index (χ2v) is 7.72. The lowest BCUT2D eigenvalue weighted by atomic mass is 9.97. The van der Waals surface area contributed by atoms with Crippen LogP contribution in [-0.2, 0) is 16.1 Å². The fourth-order valence-electron chi connectivity index (χ4n) is 2.72. The Bertz CT molecular complexity index is 554. The number of piperidine rings is 1. The highest BCUT2D eigenvalue weighted by molar-refractivity contribution is 7.09. The number of thiazole rings is 1. The molecule has 0 spiro atoms. The zero-order valence-electron chi connectivity index (χ0n) is 14.5. The van der Waals surface area contributed by atoms with E-state index >= 15 is 0 Å². The van der Waals surface area contributed by atoms with Crippen molar-refractivity contribution in [2.24, 2.45) is 11.8 Å². The van der Waals surface area contributed by atoms with Crippen LogP contribution in [0.25, 0.3) is 0 Å². The lowest BCUT2D eigenvalue weighted by Crippen LogP contribution is -2.41. The molecule has 2 amide bonds. The zero-order chi connectivity index (χ0) is 17.0. The van der Waals surface area contributed by atoms with Crippen LogP contribution in [0.3, 0.4) is 0 Å². The first-order valence-corrected chi connectivity index (χ1v) is 9.27. The van der Waals surface area contributed by atoms with Crippen molar-refractivity contribution in [1.29, 1.82) is 0 Å². The predicted octanol–water partition coefficient (Wildman–Crippen LogP) is 2.78. The van der Waals surface area contributed by atoms with Crippen LogP contribution in [0.2, 0.25) is 0 Å². The number of carbonyl (C=O) groups is 2. The van der Waals surface area contributed by atoms with Crippen LogP contribution in [0.4, 0.5) is 0 Å². The third-order valence-corrected chi connectivity index (χ3v) is 5.17. The molecule has 1 aliphatic rings. The third kappa shape index (κ3) is 4.77. The molecule has 1 aromatic rings. The number of amides is 2. The average Bonchev–Trinajstić information content (AvgIpc) is 3.00. The monoisotopic (exact) mass is 337 g/mol. The molecule has 1 atom stereocenters. The molecule has 5 nitrogen and oxygen atoms in total. The molecule has 23 heavy (non-hydrogen) atoms. The minimum absolute atomic E-state index is 0.0120. The minimum atomic E-state index is -0.0120. The molecular weight excluding hydrogens is 310 g/mol. The maximum absolute atomic E-state index is 12.2. The van der Waals surface area contributed by atoms with Crippen molar-refractivity contribution in [2.75, 3.05) is 13.1 Å². The fourth-order valence-corrected chi connectivity index (χ4v) is 3.66. The number of nitrogens with one attached hydrogen (secondary N) is 1. The largest absolute Gasteiger partial charge is 0.350 e. The van der Waals surface area contributed by atoms with Gasteiger partial charge in [0.15, 0.2) is 0 Å². The smallest absolute Gasteiger partial charge is 0.225 e. The van der Waals surface area contributed by atoms with Gasteiger partial charge in [-0.25, -0.2) is 4.98 Å². The van der Waals surface area contributed by atoms with Crippen LogP contribution >= 0.6 is 11.3 Å². The fraction of sp³-hybridized carbons (Fsp3) is 0.706. The Hall–Kier alpha value is -1.43. The van der Waals surface area contributed by atoms with Gasteiger partial charge in [-0.3, -0.25) is 9.59 Å². The second-order valence-electron chi connectivity index (χ2n) is 6.83. The summed E-state index contributed by atoms with van der Waals surface area (Å²) >= 11 is 1.64. The number of rotatable bonds is 5. The molecule has 1 N–H and O–H groups in total. The molecule has 1 aromatic heterocycles. The van der Waals surface area contributed by atoms with Crippen LogP contribution in [0.15, 0.2) is 5.38 Å². The molecule has 1 saturated heterocycles. The quantitative estimate of drug-likeness (QED) is 0.898. The van der Waals surface area contributed by atoms with Crippen molar-refractivity contribution in [3.8, 4) is 0 Å². The van der Waals surface area contributed by atoms with Crippen LogP contribution in [0.5, 0.6) is 0 Å². The first-order valence-electron chi connectivity index (χ1n) is 8.39. The first-order chi connectivity index (χ1) is 10.9. The highest BCUT2D eigenvalue weighted by Gasteiger charge is 2.27. The summed E-state index contributed by atoms with van der Waals surface area (Å²) in [5, 5.41) is 5.99. The molecule has 128 valence electrons. The van der Waals surface area contributed by atoms with Gasteiger partial charge < -0.3 is 10.2 Å². The van der Waals surface area contributed by atoms with Crippen molar-refractivity contribution >= 4 is 23.2 Å². The molecule has 0 radical (unpaired) electrons. The van der Waals surface area contributed by atoms with Crippen molar-refractivity contribution in [1.82, 2.24) is 15.2 Å². The highest BCUT2D eigenvalue weighted by atomic mass is 32.1. The van der Waals surface area contributed by atoms with Gasteiger partial charge in [0.1, 0.15) is 0 Å². The SMILES string of the molecule is CC(C)C(=O)NCc1csc(C2CCCN(C(=O)C(C)C)C2)n1. The summed E-state index contributed by atoms with van der Waals surface area (Å²) in [6.07, 6.45) is 2.11. The predicted molar refractivity (Wildman–Crippen MR) is 92.2 cm³/mol. The number of hydrogen-bond acceptors (Lipinski definition) is 4. The average molecular weight is 337 g/mol. The Kier molecular flexibility index (Phi) is 6.16. The van der Waals surface area contributed by atoms with Gasteiger partial charge in [-0.15, -0.1) is 11.3 Å². The minimum Gasteiger partial charge on any atom is -0.350 e. The number of nitrogens with zero attached hydrogens (tertiary/aromatic N) is 2. The maximum Gasteiger partial charge on any atom is 0.225 e. The van der Waals surface area contributed by atoms with Crippen molar-refractivity contribution in [2.45, 2.75) is 53.0 Å². The van der Waals surface area contributed by atoms with Gasteiger partial charge in [0.2, 0.25) is 11.8 Å². The lowest BCUT2D eigenvalue weighted by Gasteiger charge is -2.33. The Balaban J connectivity index is 1.94. The van der Waals surface area contributed by atoms with Crippen LogP contribution in [0.1, 0.15) is 57.2 Å². The summed E-state index contributed by atoms with van der Waals surface area (Å²) in [5.41, 5.74) is 0.909. The number of carbonyl (C=O) groups excluding carboxylic acids is 2. The zero-order valence-corrected chi connectivity index (χ0v) is 15.3. The van der Waals surface area contributed by atoms with Crippen molar-refractivity contribution < 1.29 is 9.59 Å². The Labute approximate surface area is 142 Å². The topological polar surface area (TPSA) is 62.3 Å². The van der Waals surface area contributed by atoms with Crippen LogP contribution < -0.4 is 5.32 Å². The van der Waals surface area contributed by atoms with E-state index in [9.17, 15) is 9.59 Å². The highest BCUT2D eigenvalue weighted by Crippen LogP contribution is 2.29. The summed E-state index contributed by atoms with van der Waals surface area (Å²) in [6, 6.07) is 0. The van der Waals surface area contributed by atoms with E-state index in [4.69, 9.17) is 0 Å². The molecule has 1 aliphatic heterocycles. The van der Waals surface area contributed by atoms with E-state index in [1.807, 2.05) is 38.0 Å². The van der Waals surface area contributed by atoms with E-state index in [0.29, 0.717) is 12.5 Å². The molecule has 6 heteroatoms. The van der Waals surface area contributed by atoms with Gasteiger partial charge in [0, 0.05) is 36.2 Å². The molecular formula is C17H27N3O2S. The summed E-state index contributed by atoms with van der Waals surface area (Å²) in [7, 11) is 0. The number of likely N-dealkylation sites (tertiary alicyclic amines) is 1. The molecule has 0 aromatic carbocycles. The van der Waals surface area contributed by atoms with E-state index in [-0.39, 0.29) is 23.7 Å². The van der Waals surface area contributed by atoms with E-state index in [0.717, 1.165) is 36.6 Å². The molecule has 0 aliphatic carbocycles. The van der Waals surface area contributed by atoms with Crippen LogP contribution in [-0.4, -0.2) is 34.8 Å². The Morgan fingerprint density at radius 3 is 2.74 bits per heavy atom. The van der Waals surface area contributed by atoms with Crippen molar-refractivity contribution in [3.05, 3.63) is 16.1 Å². The molecule has 0 saturated carbocycles. The Morgan fingerprint density at radius 2 is 2.09 bits per heavy atom. The van der Waals surface area contributed by atoms with Gasteiger partial charge in [0.25, 0.3) is 0 Å². The normalized spacial score (nSPS) is 18.5. The van der Waals surface area contributed by atoms with Gasteiger partial charge in [-0.2, -0.15) is 0 Å². The van der Waals surface area contributed by atoms with Gasteiger partial charge in [0.05, 0.1) is 17.2 Å². The molecule has 1 fully saturated rings. The number of aromatic nitrogens is 1. The standard InChI is InChI=1S/C17H27N3O2S/c1-11(2)15(21)18-8-14-10-23-16(19-14)13-6-5-7-20(9-13)17(22)12(3)4/h10-13H,5-9H2,1-4H3,(H,18,21). The van der Waals surface area contributed by atoms with E-state index in [1.165, 1.54) is 0 Å². The van der Waals surface area contributed by atoms with Gasteiger partial charge in [-0.05, 0) is 12.8 Å². The van der Waals surface area contributed by atoms with Gasteiger partial charge in [-0.1, -0.05) is 27.7 Å². The summed E-state index contributed by atoms with van der Waals surface area (Å²) in [4.78, 5) is 30.5. The molecule has 2 heterocycles. The second kappa shape index (κ2) is 7.90. The lowest BCUT2D eigenvalue weighted by molar-refractivity contribution is -0.135. The van der Waals surface area contributed by atoms with E-state index in [2.05, 4.69) is 10.3 Å². The summed E-state index contributed by atoms with van der Waals surface area (Å²) in [6.45, 7) is 9.76. The maximum atomic E-state index is 12.2. The number of hydrogen-bond donors (Lipinski definition) is 1. The summed E-state index contributed by atoms with van der Waals surface area (Å²) in [5.74, 6) is 0.640. The first kappa shape index (κ1) is 17.9. The van der Waals surface area contributed by atoms with E-state index in [1.54, 1.807) is 11.3 Å². The summed E-state index contributed by atoms with van der Waals surface area (Å²) < 4.78 is 0. The van der Waals surface area contributed by atoms with Crippen molar-refractivity contribution in [3.63, 3.8) is 0 Å². The van der Waals surface area contributed by atoms with E-state index < -0.39 is 0 Å². The molecule has 0 bridgehead atoms. The van der Waals surface area contributed by atoms with Crippen LogP contribution in [0, 0.1) is 11.8 Å². The molecule has 2 rings (SSSR count). The Morgan fingerprint density at radius 1 is 1.35 bits per heavy atom. The third-order valence-electron chi connectivity index (χ3n) is 4.11. The molecule has 1 unspecified atom stereocenters. The van der Waals surface area contributed by atoms with Gasteiger partial charge >= 0.3 is 0 Å².